The Labute approximate surface area is 176 Å². The van der Waals surface area contributed by atoms with Gasteiger partial charge in [0.2, 0.25) is 0 Å². The van der Waals surface area contributed by atoms with Gasteiger partial charge in [-0.05, 0) is 73.1 Å². The highest BCUT2D eigenvalue weighted by atomic mass is 16.5. The van der Waals surface area contributed by atoms with Crippen LogP contribution in [0, 0.1) is 5.92 Å². The first-order chi connectivity index (χ1) is 14.6. The molecule has 2 aromatic carbocycles. The molecule has 1 aliphatic rings. The van der Waals surface area contributed by atoms with E-state index in [1.165, 1.54) is 19.3 Å². The van der Waals surface area contributed by atoms with Gasteiger partial charge >= 0.3 is 5.97 Å². The monoisotopic (exact) mass is 404 g/mol. The van der Waals surface area contributed by atoms with Gasteiger partial charge in [0.25, 0.3) is 0 Å². The number of benzene rings is 2. The van der Waals surface area contributed by atoms with Gasteiger partial charge in [0.05, 0.1) is 5.52 Å². The Morgan fingerprint density at radius 3 is 2.57 bits per heavy atom. The zero-order chi connectivity index (χ0) is 20.9. The highest BCUT2D eigenvalue weighted by molar-refractivity contribution is 5.83. The van der Waals surface area contributed by atoms with E-state index < -0.39 is 5.97 Å². The molecular formula is C25H28N2O3. The van der Waals surface area contributed by atoms with Crippen molar-refractivity contribution in [1.29, 1.82) is 0 Å². The van der Waals surface area contributed by atoms with Gasteiger partial charge in [-0.15, -0.1) is 0 Å². The molecule has 1 saturated carbocycles. The Morgan fingerprint density at radius 1 is 1.07 bits per heavy atom. The largest absolute Gasteiger partial charge is 0.481 e. The second-order valence-corrected chi connectivity index (χ2v) is 8.17. The summed E-state index contributed by atoms with van der Waals surface area (Å²) < 4.78 is 5.98. The molecule has 1 aromatic heterocycles. The van der Waals surface area contributed by atoms with Crippen molar-refractivity contribution in [3.63, 3.8) is 0 Å². The molecule has 1 atom stereocenters. The Kier molecular flexibility index (Phi) is 6.17. The molecule has 30 heavy (non-hydrogen) atoms. The molecule has 0 radical (unpaired) electrons. The zero-order valence-corrected chi connectivity index (χ0v) is 17.1. The number of para-hydroxylation sites is 1. The SMILES string of the molecule is Nc1nc2ccc(Oc3ccccc3)cc2cc1[C@@H](CCC(=O)O)C1CCCCC1. The number of hydrogen-bond donors (Lipinski definition) is 2. The fraction of sp³-hybridized carbons (Fsp3) is 0.360. The molecule has 156 valence electrons. The lowest BCUT2D eigenvalue weighted by Gasteiger charge is -2.31. The van der Waals surface area contributed by atoms with Crippen LogP contribution >= 0.6 is 0 Å². The van der Waals surface area contributed by atoms with Crippen LogP contribution in [0.25, 0.3) is 10.9 Å². The number of aliphatic carboxylic acids is 1. The molecule has 1 heterocycles. The molecule has 3 N–H and O–H groups in total. The Balaban J connectivity index is 1.67. The molecule has 0 amide bonds. The first kappa shape index (κ1) is 20.2. The fourth-order valence-corrected chi connectivity index (χ4v) is 4.63. The van der Waals surface area contributed by atoms with Crippen molar-refractivity contribution >= 4 is 22.7 Å². The predicted molar refractivity (Wildman–Crippen MR) is 119 cm³/mol. The standard InChI is InChI=1S/C25H28N2O3/c26-25-22(21(12-14-24(28)29)17-7-3-1-4-8-17)16-18-15-20(11-13-23(18)27-25)30-19-9-5-2-6-10-19/h2,5-6,9-11,13,15-17,21H,1,3-4,7-8,12,14H2,(H2,26,27)(H,28,29)/t21-/m0/s1. The van der Waals surface area contributed by atoms with Crippen molar-refractivity contribution in [3.8, 4) is 11.5 Å². The smallest absolute Gasteiger partial charge is 0.303 e. The van der Waals surface area contributed by atoms with Gasteiger partial charge < -0.3 is 15.6 Å². The number of nitrogen functional groups attached to an aromatic ring is 1. The van der Waals surface area contributed by atoms with E-state index in [0.717, 1.165) is 40.8 Å². The Hall–Kier alpha value is -3.08. The van der Waals surface area contributed by atoms with E-state index >= 15 is 0 Å². The first-order valence-electron chi connectivity index (χ1n) is 10.7. The van der Waals surface area contributed by atoms with E-state index in [0.29, 0.717) is 18.2 Å². The molecule has 0 spiro atoms. The molecular weight excluding hydrogens is 376 g/mol. The Morgan fingerprint density at radius 2 is 1.83 bits per heavy atom. The number of carboxylic acid groups (broad SMARTS) is 1. The molecule has 0 saturated heterocycles. The van der Waals surface area contributed by atoms with Crippen molar-refractivity contribution < 1.29 is 14.6 Å². The predicted octanol–water partition coefficient (Wildman–Crippen LogP) is 6.14. The lowest BCUT2D eigenvalue weighted by molar-refractivity contribution is -0.137. The fourth-order valence-electron chi connectivity index (χ4n) is 4.63. The van der Waals surface area contributed by atoms with E-state index in [2.05, 4.69) is 11.1 Å². The van der Waals surface area contributed by atoms with Gasteiger partial charge in [-0.1, -0.05) is 37.5 Å². The van der Waals surface area contributed by atoms with E-state index in [1.54, 1.807) is 0 Å². The number of rotatable bonds is 7. The quantitative estimate of drug-likeness (QED) is 0.494. The average molecular weight is 405 g/mol. The van der Waals surface area contributed by atoms with Gasteiger partial charge in [0.15, 0.2) is 0 Å². The lowest BCUT2D eigenvalue weighted by Crippen LogP contribution is -2.19. The summed E-state index contributed by atoms with van der Waals surface area (Å²) in [5.41, 5.74) is 8.17. The maximum absolute atomic E-state index is 11.3. The number of aromatic nitrogens is 1. The summed E-state index contributed by atoms with van der Waals surface area (Å²) in [7, 11) is 0. The number of nitrogens with zero attached hydrogens (tertiary/aromatic N) is 1. The minimum atomic E-state index is -0.762. The number of hydrogen-bond acceptors (Lipinski definition) is 4. The maximum Gasteiger partial charge on any atom is 0.303 e. The first-order valence-corrected chi connectivity index (χ1v) is 10.7. The van der Waals surface area contributed by atoms with E-state index in [-0.39, 0.29) is 12.3 Å². The minimum absolute atomic E-state index is 0.122. The minimum Gasteiger partial charge on any atom is -0.481 e. The van der Waals surface area contributed by atoms with Crippen LogP contribution in [0.4, 0.5) is 5.82 Å². The molecule has 5 heteroatoms. The van der Waals surface area contributed by atoms with E-state index in [9.17, 15) is 9.90 Å². The van der Waals surface area contributed by atoms with Gasteiger partial charge in [0.1, 0.15) is 17.3 Å². The number of carbonyl (C=O) groups is 1. The Bertz CT molecular complexity index is 1010. The van der Waals surface area contributed by atoms with E-state index in [1.807, 2.05) is 48.5 Å². The van der Waals surface area contributed by atoms with Crippen molar-refractivity contribution in [3.05, 3.63) is 60.2 Å². The van der Waals surface area contributed by atoms with Gasteiger partial charge in [-0.25, -0.2) is 4.98 Å². The number of ether oxygens (including phenoxy) is 1. The second-order valence-electron chi connectivity index (χ2n) is 8.17. The van der Waals surface area contributed by atoms with Crippen LogP contribution in [0.3, 0.4) is 0 Å². The maximum atomic E-state index is 11.3. The molecule has 1 fully saturated rings. The second kappa shape index (κ2) is 9.16. The summed E-state index contributed by atoms with van der Waals surface area (Å²) in [5.74, 6) is 1.86. The van der Waals surface area contributed by atoms with Crippen LogP contribution in [0.5, 0.6) is 11.5 Å². The van der Waals surface area contributed by atoms with Gasteiger partial charge in [-0.3, -0.25) is 4.79 Å². The summed E-state index contributed by atoms with van der Waals surface area (Å²) in [6.45, 7) is 0. The molecule has 0 aliphatic heterocycles. The number of nitrogens with two attached hydrogens (primary N) is 1. The van der Waals surface area contributed by atoms with Crippen LogP contribution < -0.4 is 10.5 Å². The number of anilines is 1. The zero-order valence-electron chi connectivity index (χ0n) is 17.1. The van der Waals surface area contributed by atoms with Crippen LogP contribution in [0.15, 0.2) is 54.6 Å². The third-order valence-corrected chi connectivity index (χ3v) is 6.11. The normalized spacial score (nSPS) is 15.7. The van der Waals surface area contributed by atoms with Crippen LogP contribution in [0.2, 0.25) is 0 Å². The molecule has 0 unspecified atom stereocenters. The third-order valence-electron chi connectivity index (χ3n) is 6.11. The van der Waals surface area contributed by atoms with Crippen molar-refractivity contribution in [1.82, 2.24) is 4.98 Å². The van der Waals surface area contributed by atoms with Crippen molar-refractivity contribution in [2.45, 2.75) is 50.9 Å². The summed E-state index contributed by atoms with van der Waals surface area (Å²) in [4.78, 5) is 15.9. The molecule has 5 nitrogen and oxygen atoms in total. The number of carboxylic acids is 1. The van der Waals surface area contributed by atoms with Crippen molar-refractivity contribution in [2.75, 3.05) is 5.73 Å². The highest BCUT2D eigenvalue weighted by Gasteiger charge is 2.28. The highest BCUT2D eigenvalue weighted by Crippen LogP contribution is 2.41. The third kappa shape index (κ3) is 4.73. The van der Waals surface area contributed by atoms with Gasteiger partial charge in [-0.2, -0.15) is 0 Å². The van der Waals surface area contributed by atoms with Crippen molar-refractivity contribution in [2.24, 2.45) is 5.92 Å². The summed E-state index contributed by atoms with van der Waals surface area (Å²) >= 11 is 0. The summed E-state index contributed by atoms with van der Waals surface area (Å²) in [6, 6.07) is 17.6. The average Bonchev–Trinajstić information content (AvgIpc) is 2.76. The van der Waals surface area contributed by atoms with Crippen LogP contribution in [-0.2, 0) is 4.79 Å². The molecule has 4 rings (SSSR count). The van der Waals surface area contributed by atoms with E-state index in [4.69, 9.17) is 10.5 Å². The number of fused-ring (bicyclic) bond motifs is 1. The van der Waals surface area contributed by atoms with Crippen LogP contribution in [-0.4, -0.2) is 16.1 Å². The summed E-state index contributed by atoms with van der Waals surface area (Å²) in [6.07, 6.45) is 6.65. The molecule has 3 aromatic rings. The van der Waals surface area contributed by atoms with Gasteiger partial charge in [0, 0.05) is 11.8 Å². The van der Waals surface area contributed by atoms with Crippen LogP contribution in [0.1, 0.15) is 56.4 Å². The molecule has 0 bridgehead atoms. The summed E-state index contributed by atoms with van der Waals surface area (Å²) in [5, 5.41) is 10.2. The topological polar surface area (TPSA) is 85.4 Å². The number of pyridine rings is 1. The molecule has 1 aliphatic carbocycles. The lowest BCUT2D eigenvalue weighted by atomic mass is 9.74.